The first kappa shape index (κ1) is 20.5. The van der Waals surface area contributed by atoms with Gasteiger partial charge in [0, 0.05) is 23.9 Å². The molecule has 0 aliphatic carbocycles. The highest BCUT2D eigenvalue weighted by atomic mass is 16.5. The van der Waals surface area contributed by atoms with Crippen LogP contribution in [-0.4, -0.2) is 24.8 Å². The Morgan fingerprint density at radius 1 is 0.903 bits per heavy atom. The lowest BCUT2D eigenvalue weighted by Gasteiger charge is -2.16. The number of nitrogens with zero attached hydrogens (tertiary/aromatic N) is 5. The Bertz CT molecular complexity index is 1320. The first-order chi connectivity index (χ1) is 14.8. The van der Waals surface area contributed by atoms with Gasteiger partial charge in [0.2, 0.25) is 0 Å². The van der Waals surface area contributed by atoms with E-state index in [0.29, 0.717) is 12.3 Å². The largest absolute Gasteiger partial charge is 0.489 e. The maximum Gasteiger partial charge on any atom is 0.368 e. The molecule has 0 atom stereocenters. The maximum atomic E-state index is 12.4. The first-order valence-corrected chi connectivity index (χ1v) is 10.1. The summed E-state index contributed by atoms with van der Waals surface area (Å²) in [6, 6.07) is 15.9. The van der Waals surface area contributed by atoms with Gasteiger partial charge in [-0.2, -0.15) is 9.36 Å². The lowest BCUT2D eigenvalue weighted by Crippen LogP contribution is -2.23. The van der Waals surface area contributed by atoms with Crippen molar-refractivity contribution in [2.45, 2.75) is 34.3 Å². The third-order valence-electron chi connectivity index (χ3n) is 5.39. The van der Waals surface area contributed by atoms with Crippen molar-refractivity contribution in [2.75, 3.05) is 0 Å². The molecule has 0 unspecified atom stereocenters. The zero-order chi connectivity index (χ0) is 22.1. The highest BCUT2D eigenvalue weighted by Gasteiger charge is 2.15. The van der Waals surface area contributed by atoms with E-state index >= 15 is 0 Å². The minimum atomic E-state index is -0.297. The second-order valence-electron chi connectivity index (χ2n) is 7.75. The molecule has 0 saturated heterocycles. The molecule has 158 valence electrons. The molecule has 0 N–H and O–H groups in total. The third kappa shape index (κ3) is 3.99. The number of benzene rings is 2. The fraction of sp³-hybridized carbons (Fsp3) is 0.250. The Kier molecular flexibility index (Phi) is 5.42. The van der Waals surface area contributed by atoms with Gasteiger partial charge in [0.25, 0.3) is 0 Å². The summed E-state index contributed by atoms with van der Waals surface area (Å²) in [6.07, 6.45) is 0. The van der Waals surface area contributed by atoms with E-state index in [4.69, 9.17) is 4.74 Å². The van der Waals surface area contributed by atoms with Crippen molar-refractivity contribution in [1.29, 1.82) is 0 Å². The number of hydrogen-bond donors (Lipinski definition) is 0. The second kappa shape index (κ2) is 8.18. The summed E-state index contributed by atoms with van der Waals surface area (Å²) in [5.41, 5.74) is 7.44. The molecule has 0 fully saturated rings. The summed E-state index contributed by atoms with van der Waals surface area (Å²) in [6.45, 7) is 8.39. The Morgan fingerprint density at radius 3 is 2.39 bits per heavy atom. The summed E-state index contributed by atoms with van der Waals surface area (Å²) in [5, 5.41) is 7.80. The Balaban J connectivity index is 1.66. The van der Waals surface area contributed by atoms with Crippen LogP contribution in [0.4, 0.5) is 0 Å². The van der Waals surface area contributed by atoms with E-state index in [1.807, 2.05) is 63.2 Å². The van der Waals surface area contributed by atoms with Gasteiger partial charge in [-0.05, 0) is 85.1 Å². The van der Waals surface area contributed by atoms with Crippen LogP contribution in [0, 0.1) is 27.7 Å². The molecule has 7 nitrogen and oxygen atoms in total. The molecule has 0 amide bonds. The quantitative estimate of drug-likeness (QED) is 0.495. The highest BCUT2D eigenvalue weighted by Crippen LogP contribution is 2.30. The molecular weight excluding hydrogens is 390 g/mol. The number of hydrogen-bond acceptors (Lipinski definition) is 5. The van der Waals surface area contributed by atoms with Gasteiger partial charge in [0.05, 0.1) is 11.4 Å². The lowest BCUT2D eigenvalue weighted by atomic mass is 10.0. The van der Waals surface area contributed by atoms with Crippen LogP contribution in [0.5, 0.6) is 5.75 Å². The molecule has 4 rings (SSSR count). The van der Waals surface area contributed by atoms with Gasteiger partial charge in [-0.3, -0.25) is 4.98 Å². The van der Waals surface area contributed by atoms with Crippen molar-refractivity contribution in [2.24, 2.45) is 7.05 Å². The molecule has 0 radical (unpaired) electrons. The Hall–Kier alpha value is -3.74. The van der Waals surface area contributed by atoms with Crippen LogP contribution in [0.25, 0.3) is 16.9 Å². The van der Waals surface area contributed by atoms with Crippen molar-refractivity contribution >= 4 is 0 Å². The van der Waals surface area contributed by atoms with Crippen molar-refractivity contribution < 1.29 is 4.74 Å². The van der Waals surface area contributed by atoms with Crippen LogP contribution in [0.3, 0.4) is 0 Å². The molecule has 4 aromatic rings. The minimum absolute atomic E-state index is 0.297. The van der Waals surface area contributed by atoms with Crippen LogP contribution in [0.15, 0.2) is 53.3 Å². The zero-order valence-electron chi connectivity index (χ0n) is 18.4. The van der Waals surface area contributed by atoms with Gasteiger partial charge in [-0.1, -0.05) is 18.2 Å². The number of ether oxygens (including phenoxy) is 1. The molecule has 0 saturated carbocycles. The monoisotopic (exact) mass is 415 g/mol. The van der Waals surface area contributed by atoms with Crippen molar-refractivity contribution in [1.82, 2.24) is 24.8 Å². The summed E-state index contributed by atoms with van der Waals surface area (Å²) >= 11 is 0. The average molecular weight is 415 g/mol. The van der Waals surface area contributed by atoms with Gasteiger partial charge in [0.15, 0.2) is 0 Å². The molecule has 0 aliphatic rings. The molecular formula is C24H25N5O2. The average Bonchev–Trinajstić information content (AvgIpc) is 3.07. The SMILES string of the molecule is Cc1cccc(-c2cc(C)c(OCc3c(C)cccc3-n3nnn(C)c3=O)cc2C)n1. The van der Waals surface area contributed by atoms with E-state index in [-0.39, 0.29) is 5.69 Å². The molecule has 2 heterocycles. The van der Waals surface area contributed by atoms with Crippen LogP contribution in [-0.2, 0) is 13.7 Å². The van der Waals surface area contributed by atoms with Gasteiger partial charge in [-0.25, -0.2) is 4.79 Å². The van der Waals surface area contributed by atoms with E-state index in [0.717, 1.165) is 45.0 Å². The third-order valence-corrected chi connectivity index (χ3v) is 5.39. The van der Waals surface area contributed by atoms with Crippen LogP contribution >= 0.6 is 0 Å². The number of tetrazole rings is 1. The smallest absolute Gasteiger partial charge is 0.368 e. The molecule has 0 bridgehead atoms. The number of aryl methyl sites for hydroxylation is 5. The van der Waals surface area contributed by atoms with E-state index < -0.39 is 0 Å². The minimum Gasteiger partial charge on any atom is -0.489 e. The topological polar surface area (TPSA) is 74.8 Å². The van der Waals surface area contributed by atoms with Crippen molar-refractivity contribution in [3.05, 3.63) is 87.0 Å². The first-order valence-electron chi connectivity index (χ1n) is 10.1. The summed E-state index contributed by atoms with van der Waals surface area (Å²) in [4.78, 5) is 17.0. The second-order valence-corrected chi connectivity index (χ2v) is 7.75. The molecule has 0 spiro atoms. The van der Waals surface area contributed by atoms with Gasteiger partial charge in [-0.15, -0.1) is 0 Å². The van der Waals surface area contributed by atoms with Gasteiger partial charge >= 0.3 is 5.69 Å². The fourth-order valence-electron chi connectivity index (χ4n) is 3.60. The molecule has 2 aromatic heterocycles. The van der Waals surface area contributed by atoms with Crippen LogP contribution in [0.2, 0.25) is 0 Å². The number of aromatic nitrogens is 5. The molecule has 7 heteroatoms. The van der Waals surface area contributed by atoms with Gasteiger partial charge < -0.3 is 4.74 Å². The predicted molar refractivity (Wildman–Crippen MR) is 120 cm³/mol. The lowest BCUT2D eigenvalue weighted by molar-refractivity contribution is 0.302. The number of pyridine rings is 1. The van der Waals surface area contributed by atoms with Crippen molar-refractivity contribution in [3.63, 3.8) is 0 Å². The summed E-state index contributed by atoms with van der Waals surface area (Å²) < 4.78 is 8.73. The van der Waals surface area contributed by atoms with Gasteiger partial charge in [0.1, 0.15) is 12.4 Å². The van der Waals surface area contributed by atoms with Crippen LogP contribution in [0.1, 0.15) is 27.9 Å². The van der Waals surface area contributed by atoms with E-state index in [2.05, 4.69) is 28.4 Å². The van der Waals surface area contributed by atoms with E-state index in [9.17, 15) is 4.79 Å². The zero-order valence-corrected chi connectivity index (χ0v) is 18.4. The number of rotatable bonds is 5. The molecule has 2 aromatic carbocycles. The summed E-state index contributed by atoms with van der Waals surface area (Å²) in [7, 11) is 1.58. The predicted octanol–water partition coefficient (Wildman–Crippen LogP) is 3.84. The Morgan fingerprint density at radius 2 is 1.68 bits per heavy atom. The fourth-order valence-corrected chi connectivity index (χ4v) is 3.60. The van der Waals surface area contributed by atoms with Crippen molar-refractivity contribution in [3.8, 4) is 22.7 Å². The Labute approximate surface area is 180 Å². The maximum absolute atomic E-state index is 12.4. The van der Waals surface area contributed by atoms with E-state index in [1.165, 1.54) is 9.36 Å². The molecule has 31 heavy (non-hydrogen) atoms. The molecule has 0 aliphatic heterocycles. The van der Waals surface area contributed by atoms with E-state index in [1.54, 1.807) is 7.05 Å². The standard InChI is InChI=1S/C24H25N5O2/c1-15-8-6-11-22(29-24(30)28(5)26-27-29)20(15)14-31-23-13-16(2)19(12-17(23)3)21-10-7-9-18(4)25-21/h6-13H,14H2,1-5H3. The highest BCUT2D eigenvalue weighted by molar-refractivity contribution is 5.66. The summed E-state index contributed by atoms with van der Waals surface area (Å²) in [5.74, 6) is 0.801. The normalized spacial score (nSPS) is 11.0. The van der Waals surface area contributed by atoms with Crippen LogP contribution < -0.4 is 10.4 Å².